The van der Waals surface area contributed by atoms with Crippen LogP contribution in [0.4, 0.5) is 5.69 Å². The molecule has 1 fully saturated rings. The van der Waals surface area contributed by atoms with Gasteiger partial charge in [0.25, 0.3) is 5.91 Å². The molecule has 156 valence electrons. The molecule has 0 atom stereocenters. The SMILES string of the molecule is COc1cc(Cl)c(NC(=O)c2cccc(S(=O)(=O)N3CCOCC3)c2)cc1OC. The molecule has 1 heterocycles. The summed E-state index contributed by atoms with van der Waals surface area (Å²) in [5.41, 5.74) is 0.501. The van der Waals surface area contributed by atoms with E-state index >= 15 is 0 Å². The minimum absolute atomic E-state index is 0.0467. The van der Waals surface area contributed by atoms with Crippen LogP contribution in [-0.4, -0.2) is 59.2 Å². The largest absolute Gasteiger partial charge is 0.493 e. The van der Waals surface area contributed by atoms with Gasteiger partial charge in [-0.3, -0.25) is 4.79 Å². The molecule has 1 saturated heterocycles. The maximum Gasteiger partial charge on any atom is 0.255 e. The zero-order valence-electron chi connectivity index (χ0n) is 16.0. The predicted molar refractivity (Wildman–Crippen MR) is 109 cm³/mol. The molecular formula is C19H21ClN2O6S. The van der Waals surface area contributed by atoms with Gasteiger partial charge >= 0.3 is 0 Å². The Morgan fingerprint density at radius 3 is 2.41 bits per heavy atom. The molecule has 29 heavy (non-hydrogen) atoms. The highest BCUT2D eigenvalue weighted by atomic mass is 35.5. The first-order valence-electron chi connectivity index (χ1n) is 8.77. The van der Waals surface area contributed by atoms with E-state index < -0.39 is 15.9 Å². The number of nitrogens with one attached hydrogen (secondary N) is 1. The van der Waals surface area contributed by atoms with E-state index in [2.05, 4.69) is 5.32 Å². The van der Waals surface area contributed by atoms with Crippen molar-refractivity contribution in [2.24, 2.45) is 0 Å². The summed E-state index contributed by atoms with van der Waals surface area (Å²) in [5, 5.41) is 2.93. The van der Waals surface area contributed by atoms with Gasteiger partial charge in [-0.1, -0.05) is 17.7 Å². The van der Waals surface area contributed by atoms with Crippen LogP contribution in [-0.2, 0) is 14.8 Å². The Balaban J connectivity index is 1.85. The maximum absolute atomic E-state index is 12.8. The van der Waals surface area contributed by atoms with E-state index in [-0.39, 0.29) is 28.6 Å². The maximum atomic E-state index is 12.8. The number of halogens is 1. The van der Waals surface area contributed by atoms with Crippen molar-refractivity contribution >= 4 is 33.2 Å². The summed E-state index contributed by atoms with van der Waals surface area (Å²) >= 11 is 6.21. The Kier molecular flexibility index (Phi) is 6.63. The van der Waals surface area contributed by atoms with E-state index in [0.717, 1.165) is 0 Å². The molecule has 0 saturated carbocycles. The molecule has 0 unspecified atom stereocenters. The van der Waals surface area contributed by atoms with Gasteiger partial charge in [0.1, 0.15) is 0 Å². The zero-order chi connectivity index (χ0) is 21.0. The molecule has 3 rings (SSSR count). The van der Waals surface area contributed by atoms with E-state index in [9.17, 15) is 13.2 Å². The summed E-state index contributed by atoms with van der Waals surface area (Å²) in [6.45, 7) is 1.24. The molecule has 1 aliphatic rings. The third kappa shape index (κ3) is 4.64. The van der Waals surface area contributed by atoms with Crippen molar-refractivity contribution in [3.8, 4) is 11.5 Å². The van der Waals surface area contributed by atoms with Crippen molar-refractivity contribution in [3.05, 3.63) is 47.0 Å². The molecule has 8 nitrogen and oxygen atoms in total. The van der Waals surface area contributed by atoms with Crippen LogP contribution < -0.4 is 14.8 Å². The van der Waals surface area contributed by atoms with Gasteiger partial charge in [0.2, 0.25) is 10.0 Å². The first kappa shape index (κ1) is 21.4. The lowest BCUT2D eigenvalue weighted by Gasteiger charge is -2.26. The first-order valence-corrected chi connectivity index (χ1v) is 10.6. The highest BCUT2D eigenvalue weighted by Crippen LogP contribution is 2.36. The number of hydrogen-bond acceptors (Lipinski definition) is 6. The summed E-state index contributed by atoms with van der Waals surface area (Å²) in [4.78, 5) is 12.8. The summed E-state index contributed by atoms with van der Waals surface area (Å²) in [7, 11) is -0.759. The number of carbonyl (C=O) groups excluding carboxylic acids is 1. The lowest BCUT2D eigenvalue weighted by molar-refractivity contribution is 0.0730. The number of hydrogen-bond donors (Lipinski definition) is 1. The molecular weight excluding hydrogens is 420 g/mol. The third-order valence-corrected chi connectivity index (χ3v) is 6.63. The van der Waals surface area contributed by atoms with Gasteiger partial charge in [0.05, 0.1) is 43.0 Å². The van der Waals surface area contributed by atoms with Crippen molar-refractivity contribution < 1.29 is 27.4 Å². The lowest BCUT2D eigenvalue weighted by atomic mass is 10.2. The molecule has 1 aliphatic heterocycles. The number of nitrogens with zero attached hydrogens (tertiary/aromatic N) is 1. The lowest BCUT2D eigenvalue weighted by Crippen LogP contribution is -2.40. The van der Waals surface area contributed by atoms with E-state index in [1.54, 1.807) is 0 Å². The Morgan fingerprint density at radius 1 is 1.10 bits per heavy atom. The van der Waals surface area contributed by atoms with E-state index in [4.69, 9.17) is 25.8 Å². The van der Waals surface area contributed by atoms with Crippen LogP contribution in [0.2, 0.25) is 5.02 Å². The van der Waals surface area contributed by atoms with Gasteiger partial charge in [-0.15, -0.1) is 0 Å². The van der Waals surface area contributed by atoms with Crippen molar-refractivity contribution in [2.75, 3.05) is 45.8 Å². The van der Waals surface area contributed by atoms with Crippen LogP contribution in [0.3, 0.4) is 0 Å². The molecule has 0 spiro atoms. The minimum atomic E-state index is -3.71. The second-order valence-corrected chi connectivity index (χ2v) is 8.53. The fourth-order valence-electron chi connectivity index (χ4n) is 2.88. The zero-order valence-corrected chi connectivity index (χ0v) is 17.5. The summed E-state index contributed by atoms with van der Waals surface area (Å²) in [6, 6.07) is 8.92. The fraction of sp³-hybridized carbons (Fsp3) is 0.316. The quantitative estimate of drug-likeness (QED) is 0.742. The Bertz CT molecular complexity index is 1010. The highest BCUT2D eigenvalue weighted by Gasteiger charge is 2.27. The topological polar surface area (TPSA) is 94.2 Å². The molecule has 0 radical (unpaired) electrons. The first-order chi connectivity index (χ1) is 13.9. The van der Waals surface area contributed by atoms with Gasteiger partial charge in [-0.2, -0.15) is 4.31 Å². The van der Waals surface area contributed by atoms with Crippen LogP contribution in [0.5, 0.6) is 11.5 Å². The summed E-state index contributed by atoms with van der Waals surface area (Å²) in [6.07, 6.45) is 0. The fourth-order valence-corrected chi connectivity index (χ4v) is 4.53. The van der Waals surface area contributed by atoms with Gasteiger partial charge in [0, 0.05) is 30.8 Å². The molecule has 1 N–H and O–H groups in total. The number of ether oxygens (including phenoxy) is 3. The van der Waals surface area contributed by atoms with E-state index in [1.807, 2.05) is 0 Å². The Labute approximate surface area is 174 Å². The van der Waals surface area contributed by atoms with Crippen molar-refractivity contribution in [1.82, 2.24) is 4.31 Å². The second-order valence-electron chi connectivity index (χ2n) is 6.19. The smallest absolute Gasteiger partial charge is 0.255 e. The van der Waals surface area contributed by atoms with Crippen LogP contribution in [0, 0.1) is 0 Å². The van der Waals surface area contributed by atoms with E-state index in [0.29, 0.717) is 30.4 Å². The van der Waals surface area contributed by atoms with Crippen LogP contribution in [0.1, 0.15) is 10.4 Å². The monoisotopic (exact) mass is 440 g/mol. The number of morpholine rings is 1. The summed E-state index contributed by atoms with van der Waals surface area (Å²) < 4.78 is 42.6. The van der Waals surface area contributed by atoms with Gasteiger partial charge in [-0.25, -0.2) is 8.42 Å². The number of sulfonamides is 1. The summed E-state index contributed by atoms with van der Waals surface area (Å²) in [5.74, 6) is 0.322. The molecule has 2 aromatic carbocycles. The minimum Gasteiger partial charge on any atom is -0.493 e. The second kappa shape index (κ2) is 9.00. The van der Waals surface area contributed by atoms with Crippen molar-refractivity contribution in [3.63, 3.8) is 0 Å². The Morgan fingerprint density at radius 2 is 1.76 bits per heavy atom. The van der Waals surface area contributed by atoms with E-state index in [1.165, 1.54) is 54.9 Å². The van der Waals surface area contributed by atoms with Crippen LogP contribution >= 0.6 is 11.6 Å². The molecule has 1 amide bonds. The van der Waals surface area contributed by atoms with Crippen molar-refractivity contribution in [2.45, 2.75) is 4.90 Å². The number of methoxy groups -OCH3 is 2. The number of rotatable bonds is 6. The van der Waals surface area contributed by atoms with Crippen molar-refractivity contribution in [1.29, 1.82) is 0 Å². The average molecular weight is 441 g/mol. The standard InChI is InChI=1S/C19H21ClN2O6S/c1-26-17-11-15(20)16(12-18(17)27-2)21-19(23)13-4-3-5-14(10-13)29(24,25)22-6-8-28-9-7-22/h3-5,10-12H,6-9H2,1-2H3,(H,21,23). The molecule has 0 aromatic heterocycles. The third-order valence-electron chi connectivity index (χ3n) is 4.43. The highest BCUT2D eigenvalue weighted by molar-refractivity contribution is 7.89. The van der Waals surface area contributed by atoms with Gasteiger partial charge < -0.3 is 19.5 Å². The molecule has 0 aliphatic carbocycles. The molecule has 2 aromatic rings. The molecule has 0 bridgehead atoms. The number of benzene rings is 2. The number of amides is 1. The van der Waals surface area contributed by atoms with Crippen LogP contribution in [0.15, 0.2) is 41.3 Å². The number of anilines is 1. The van der Waals surface area contributed by atoms with Gasteiger partial charge in [0.15, 0.2) is 11.5 Å². The predicted octanol–water partition coefficient (Wildman–Crippen LogP) is 2.63. The van der Waals surface area contributed by atoms with Crippen LogP contribution in [0.25, 0.3) is 0 Å². The Hall–Kier alpha value is -2.33. The molecule has 10 heteroatoms. The normalized spacial score (nSPS) is 15.0. The number of carbonyl (C=O) groups is 1. The van der Waals surface area contributed by atoms with Gasteiger partial charge in [-0.05, 0) is 18.2 Å². The average Bonchev–Trinajstić information content (AvgIpc) is 2.75.